The number of hydrogen-bond donors (Lipinski definition) is 1. The van der Waals surface area contributed by atoms with Crippen molar-refractivity contribution in [1.82, 2.24) is 9.78 Å². The van der Waals surface area contributed by atoms with E-state index in [9.17, 15) is 0 Å². The van der Waals surface area contributed by atoms with Gasteiger partial charge in [0, 0.05) is 34.3 Å². The van der Waals surface area contributed by atoms with Crippen LogP contribution in [0.15, 0.2) is 27.3 Å². The van der Waals surface area contributed by atoms with Gasteiger partial charge in [-0.15, -0.1) is 0 Å². The normalized spacial score (nSPS) is 11.2. The van der Waals surface area contributed by atoms with Crippen LogP contribution < -0.4 is 5.32 Å². The third-order valence-corrected chi connectivity index (χ3v) is 4.38. The van der Waals surface area contributed by atoms with E-state index in [1.165, 1.54) is 11.1 Å². The summed E-state index contributed by atoms with van der Waals surface area (Å²) in [6, 6.07) is 4.22. The molecule has 0 spiro atoms. The second-order valence-electron chi connectivity index (χ2n) is 5.33. The average Bonchev–Trinajstić information content (AvgIpc) is 2.69. The molecule has 0 saturated heterocycles. The Hall–Kier alpha value is -0.810. The van der Waals surface area contributed by atoms with Gasteiger partial charge in [-0.3, -0.25) is 4.68 Å². The zero-order valence-electron chi connectivity index (χ0n) is 12.2. The quantitative estimate of drug-likeness (QED) is 0.783. The highest BCUT2D eigenvalue weighted by atomic mass is 79.9. The maximum atomic E-state index is 4.53. The summed E-state index contributed by atoms with van der Waals surface area (Å²) in [6.07, 6.45) is 2.08. The lowest BCUT2D eigenvalue weighted by Crippen LogP contribution is -2.04. The first kappa shape index (κ1) is 15.6. The number of nitrogens with one attached hydrogen (secondary N) is 1. The number of aromatic nitrogens is 2. The van der Waals surface area contributed by atoms with Crippen molar-refractivity contribution in [2.75, 3.05) is 5.32 Å². The van der Waals surface area contributed by atoms with E-state index in [-0.39, 0.29) is 0 Å². The third-order valence-electron chi connectivity index (χ3n) is 3.13. The Labute approximate surface area is 137 Å². The van der Waals surface area contributed by atoms with Crippen LogP contribution in [0, 0.1) is 6.92 Å². The molecule has 1 N–H and O–H groups in total. The summed E-state index contributed by atoms with van der Waals surface area (Å²) in [5, 5.41) is 8.02. The lowest BCUT2D eigenvalue weighted by atomic mass is 10.1. The van der Waals surface area contributed by atoms with Gasteiger partial charge in [0.2, 0.25) is 0 Å². The molecule has 0 atom stereocenters. The van der Waals surface area contributed by atoms with Gasteiger partial charge in [0.15, 0.2) is 0 Å². The molecule has 2 aromatic rings. The predicted octanol–water partition coefficient (Wildman–Crippen LogP) is 4.99. The first-order valence-corrected chi connectivity index (χ1v) is 8.19. The van der Waals surface area contributed by atoms with Gasteiger partial charge in [-0.2, -0.15) is 5.10 Å². The van der Waals surface area contributed by atoms with Crippen LogP contribution in [0.4, 0.5) is 5.69 Å². The van der Waals surface area contributed by atoms with Crippen LogP contribution in [-0.4, -0.2) is 9.78 Å². The van der Waals surface area contributed by atoms with E-state index < -0.39 is 0 Å². The molecule has 0 aliphatic rings. The fraction of sp³-hybridized carbons (Fsp3) is 0.400. The van der Waals surface area contributed by atoms with E-state index in [0.29, 0.717) is 5.92 Å². The molecule has 1 heterocycles. The van der Waals surface area contributed by atoms with E-state index in [1.807, 2.05) is 11.7 Å². The molecule has 0 aliphatic heterocycles. The van der Waals surface area contributed by atoms with Gasteiger partial charge in [0.25, 0.3) is 0 Å². The van der Waals surface area contributed by atoms with Crippen LogP contribution in [0.1, 0.15) is 36.6 Å². The standard InChI is InChI=1S/C15H19Br2N3/c1-9(2)14-11(8-20(4)19-14)7-18-15-12(16)5-10(3)6-13(15)17/h5-6,8-9,18H,7H2,1-4H3. The molecule has 0 bridgehead atoms. The number of aryl methyl sites for hydroxylation is 2. The van der Waals surface area contributed by atoms with Crippen molar-refractivity contribution >= 4 is 37.5 Å². The van der Waals surface area contributed by atoms with Crippen molar-refractivity contribution < 1.29 is 0 Å². The minimum Gasteiger partial charge on any atom is -0.379 e. The van der Waals surface area contributed by atoms with E-state index in [1.54, 1.807) is 0 Å². The summed E-state index contributed by atoms with van der Waals surface area (Å²) in [4.78, 5) is 0. The highest BCUT2D eigenvalue weighted by Gasteiger charge is 2.12. The number of rotatable bonds is 4. The summed E-state index contributed by atoms with van der Waals surface area (Å²) in [5.41, 5.74) is 4.69. The van der Waals surface area contributed by atoms with E-state index >= 15 is 0 Å². The third kappa shape index (κ3) is 3.44. The van der Waals surface area contributed by atoms with Crippen LogP contribution >= 0.6 is 31.9 Å². The monoisotopic (exact) mass is 399 g/mol. The summed E-state index contributed by atoms with van der Waals surface area (Å²) in [5.74, 6) is 0.429. The molecule has 0 amide bonds. The summed E-state index contributed by atoms with van der Waals surface area (Å²) in [6.45, 7) is 7.19. The highest BCUT2D eigenvalue weighted by molar-refractivity contribution is 9.11. The van der Waals surface area contributed by atoms with E-state index in [2.05, 4.69) is 81.4 Å². The van der Waals surface area contributed by atoms with Crippen molar-refractivity contribution in [3.05, 3.63) is 44.1 Å². The molecule has 1 aromatic heterocycles. The van der Waals surface area contributed by atoms with Crippen molar-refractivity contribution in [3.63, 3.8) is 0 Å². The SMILES string of the molecule is Cc1cc(Br)c(NCc2cn(C)nc2C(C)C)c(Br)c1. The Balaban J connectivity index is 2.21. The smallest absolute Gasteiger partial charge is 0.0699 e. The average molecular weight is 401 g/mol. The fourth-order valence-electron chi connectivity index (χ4n) is 2.23. The lowest BCUT2D eigenvalue weighted by Gasteiger charge is -2.12. The molecule has 0 unspecified atom stereocenters. The van der Waals surface area contributed by atoms with Gasteiger partial charge in [-0.05, 0) is 62.4 Å². The molecule has 2 rings (SSSR count). The van der Waals surface area contributed by atoms with Crippen LogP contribution in [0.3, 0.4) is 0 Å². The molecule has 3 nitrogen and oxygen atoms in total. The molecular weight excluding hydrogens is 382 g/mol. The first-order chi connectivity index (χ1) is 9.38. The topological polar surface area (TPSA) is 29.9 Å². The second-order valence-corrected chi connectivity index (χ2v) is 7.03. The van der Waals surface area contributed by atoms with Crippen molar-refractivity contribution in [1.29, 1.82) is 0 Å². The van der Waals surface area contributed by atoms with Crippen molar-refractivity contribution in [2.45, 2.75) is 33.2 Å². The number of hydrogen-bond acceptors (Lipinski definition) is 2. The molecule has 0 fully saturated rings. The van der Waals surface area contributed by atoms with Gasteiger partial charge < -0.3 is 5.32 Å². The Morgan fingerprint density at radius 3 is 2.40 bits per heavy atom. The van der Waals surface area contributed by atoms with E-state index in [0.717, 1.165) is 26.9 Å². The minimum absolute atomic E-state index is 0.429. The molecular formula is C15H19Br2N3. The van der Waals surface area contributed by atoms with Crippen LogP contribution in [-0.2, 0) is 13.6 Å². The Morgan fingerprint density at radius 2 is 1.85 bits per heavy atom. The Kier molecular flexibility index (Phi) is 4.91. The van der Waals surface area contributed by atoms with Crippen molar-refractivity contribution in [2.24, 2.45) is 7.05 Å². The number of halogens is 2. The molecule has 0 radical (unpaired) electrons. The number of nitrogens with zero attached hydrogens (tertiary/aromatic N) is 2. The Morgan fingerprint density at radius 1 is 1.25 bits per heavy atom. The van der Waals surface area contributed by atoms with Gasteiger partial charge >= 0.3 is 0 Å². The molecule has 5 heteroatoms. The molecule has 20 heavy (non-hydrogen) atoms. The molecule has 1 aromatic carbocycles. The molecule has 108 valence electrons. The van der Waals surface area contributed by atoms with Gasteiger partial charge in [-0.25, -0.2) is 0 Å². The van der Waals surface area contributed by atoms with Crippen LogP contribution in [0.5, 0.6) is 0 Å². The highest BCUT2D eigenvalue weighted by Crippen LogP contribution is 2.33. The zero-order valence-corrected chi connectivity index (χ0v) is 15.3. The second kappa shape index (κ2) is 6.31. The van der Waals surface area contributed by atoms with Crippen molar-refractivity contribution in [3.8, 4) is 0 Å². The van der Waals surface area contributed by atoms with Gasteiger partial charge in [0.1, 0.15) is 0 Å². The van der Waals surface area contributed by atoms with Gasteiger partial charge in [0.05, 0.1) is 11.4 Å². The van der Waals surface area contributed by atoms with Gasteiger partial charge in [-0.1, -0.05) is 13.8 Å². The van der Waals surface area contributed by atoms with E-state index in [4.69, 9.17) is 0 Å². The largest absolute Gasteiger partial charge is 0.379 e. The minimum atomic E-state index is 0.429. The molecule has 0 saturated carbocycles. The fourth-order valence-corrected chi connectivity index (χ4v) is 3.93. The number of benzene rings is 1. The summed E-state index contributed by atoms with van der Waals surface area (Å²) < 4.78 is 4.02. The van der Waals surface area contributed by atoms with Crippen LogP contribution in [0.2, 0.25) is 0 Å². The maximum Gasteiger partial charge on any atom is 0.0699 e. The lowest BCUT2D eigenvalue weighted by molar-refractivity contribution is 0.712. The number of anilines is 1. The molecule has 0 aliphatic carbocycles. The van der Waals surface area contributed by atoms with Crippen LogP contribution in [0.25, 0.3) is 0 Å². The summed E-state index contributed by atoms with van der Waals surface area (Å²) >= 11 is 7.22. The Bertz CT molecular complexity index is 595. The summed E-state index contributed by atoms with van der Waals surface area (Å²) in [7, 11) is 1.97. The predicted molar refractivity (Wildman–Crippen MR) is 91.2 cm³/mol. The zero-order chi connectivity index (χ0) is 14.9. The maximum absolute atomic E-state index is 4.53. The first-order valence-electron chi connectivity index (χ1n) is 6.60.